The van der Waals surface area contributed by atoms with Crippen LogP contribution in [0.2, 0.25) is 5.02 Å². The molecule has 140 valence electrons. The molecule has 1 fully saturated rings. The van der Waals surface area contributed by atoms with Crippen LogP contribution in [0.4, 0.5) is 0 Å². The molecule has 1 heterocycles. The fourth-order valence-electron chi connectivity index (χ4n) is 3.76. The van der Waals surface area contributed by atoms with Gasteiger partial charge in [-0.1, -0.05) is 54.1 Å². The molecule has 0 saturated carbocycles. The van der Waals surface area contributed by atoms with Gasteiger partial charge in [0.25, 0.3) is 0 Å². The van der Waals surface area contributed by atoms with Crippen LogP contribution in [0, 0.1) is 0 Å². The van der Waals surface area contributed by atoms with E-state index in [0.717, 1.165) is 44.3 Å². The van der Waals surface area contributed by atoms with Crippen molar-refractivity contribution in [2.24, 2.45) is 0 Å². The molecule has 3 rings (SSSR count). The van der Waals surface area contributed by atoms with E-state index < -0.39 is 11.7 Å². The maximum atomic E-state index is 10.9. The number of aryl methyl sites for hydroxylation is 1. The van der Waals surface area contributed by atoms with Gasteiger partial charge in [-0.25, -0.2) is 0 Å². The first-order chi connectivity index (χ1) is 12.5. The Labute approximate surface area is 161 Å². The summed E-state index contributed by atoms with van der Waals surface area (Å²) in [4.78, 5) is 2.27. The first kappa shape index (κ1) is 19.4. The molecule has 4 heteroatoms. The maximum Gasteiger partial charge on any atom is 0.0942 e. The molecule has 0 radical (unpaired) electrons. The van der Waals surface area contributed by atoms with E-state index in [-0.39, 0.29) is 6.04 Å². The zero-order valence-corrected chi connectivity index (χ0v) is 16.1. The molecule has 0 bridgehead atoms. The van der Waals surface area contributed by atoms with Gasteiger partial charge in [0.2, 0.25) is 0 Å². The van der Waals surface area contributed by atoms with Crippen molar-refractivity contribution in [2.45, 2.75) is 50.4 Å². The third-order valence-corrected chi connectivity index (χ3v) is 5.95. The SMILES string of the molecule is C[C@@H]([C@@H](O)c1ccc(Cl)cc1)N1CCC(O)(CCc2ccccc2)CC1. The maximum absolute atomic E-state index is 10.9. The minimum atomic E-state index is -0.600. The third kappa shape index (κ3) is 4.86. The predicted octanol–water partition coefficient (Wildman–Crippen LogP) is 4.22. The molecule has 2 N–H and O–H groups in total. The highest BCUT2D eigenvalue weighted by Gasteiger charge is 2.35. The van der Waals surface area contributed by atoms with Gasteiger partial charge in [-0.3, -0.25) is 4.90 Å². The Kier molecular flexibility index (Phi) is 6.36. The number of aliphatic hydroxyl groups excluding tert-OH is 1. The predicted molar refractivity (Wildman–Crippen MR) is 106 cm³/mol. The summed E-state index contributed by atoms with van der Waals surface area (Å²) in [5.41, 5.74) is 1.55. The van der Waals surface area contributed by atoms with Gasteiger partial charge in [0.05, 0.1) is 11.7 Å². The molecule has 2 aromatic rings. The number of likely N-dealkylation sites (tertiary alicyclic amines) is 1. The van der Waals surface area contributed by atoms with Crippen molar-refractivity contribution in [2.75, 3.05) is 13.1 Å². The molecule has 2 atom stereocenters. The Morgan fingerprint density at radius 2 is 1.65 bits per heavy atom. The summed E-state index contributed by atoms with van der Waals surface area (Å²) in [6.07, 6.45) is 2.64. The van der Waals surface area contributed by atoms with E-state index in [1.165, 1.54) is 5.56 Å². The van der Waals surface area contributed by atoms with Crippen molar-refractivity contribution >= 4 is 11.6 Å². The zero-order chi connectivity index (χ0) is 18.6. The molecule has 3 nitrogen and oxygen atoms in total. The zero-order valence-electron chi connectivity index (χ0n) is 15.3. The lowest BCUT2D eigenvalue weighted by Crippen LogP contribution is -2.49. The molecule has 1 saturated heterocycles. The van der Waals surface area contributed by atoms with Crippen molar-refractivity contribution in [3.05, 3.63) is 70.7 Å². The minimum absolute atomic E-state index is 0.00912. The highest BCUT2D eigenvalue weighted by atomic mass is 35.5. The van der Waals surface area contributed by atoms with E-state index in [2.05, 4.69) is 17.0 Å². The second-order valence-electron chi connectivity index (χ2n) is 7.48. The van der Waals surface area contributed by atoms with Gasteiger partial charge in [-0.15, -0.1) is 0 Å². The molecular formula is C22H28ClNO2. The van der Waals surface area contributed by atoms with Crippen LogP contribution in [0.25, 0.3) is 0 Å². The van der Waals surface area contributed by atoms with E-state index in [9.17, 15) is 10.2 Å². The fraction of sp³-hybridized carbons (Fsp3) is 0.455. The Morgan fingerprint density at radius 1 is 1.04 bits per heavy atom. The third-order valence-electron chi connectivity index (χ3n) is 5.70. The number of aliphatic hydroxyl groups is 2. The molecule has 0 amide bonds. The number of benzene rings is 2. The fourth-order valence-corrected chi connectivity index (χ4v) is 3.88. The lowest BCUT2D eigenvalue weighted by atomic mass is 9.85. The summed E-state index contributed by atoms with van der Waals surface area (Å²) >= 11 is 5.93. The highest BCUT2D eigenvalue weighted by Crippen LogP contribution is 2.31. The first-order valence-corrected chi connectivity index (χ1v) is 9.79. The van der Waals surface area contributed by atoms with Crippen LogP contribution in [0.1, 0.15) is 43.4 Å². The summed E-state index contributed by atoms with van der Waals surface area (Å²) in [6, 6.07) is 17.7. The van der Waals surface area contributed by atoms with Gasteiger partial charge >= 0.3 is 0 Å². The van der Waals surface area contributed by atoms with E-state index in [1.54, 1.807) is 0 Å². The second-order valence-corrected chi connectivity index (χ2v) is 7.92. The van der Waals surface area contributed by atoms with Crippen molar-refractivity contribution in [1.29, 1.82) is 0 Å². The van der Waals surface area contributed by atoms with Crippen LogP contribution in [0.3, 0.4) is 0 Å². The molecule has 1 aliphatic rings. The number of nitrogens with zero attached hydrogens (tertiary/aromatic N) is 1. The quantitative estimate of drug-likeness (QED) is 0.796. The van der Waals surface area contributed by atoms with Crippen LogP contribution >= 0.6 is 11.6 Å². The molecule has 26 heavy (non-hydrogen) atoms. The van der Waals surface area contributed by atoms with Gasteiger partial charge < -0.3 is 10.2 Å². The van der Waals surface area contributed by atoms with Crippen LogP contribution in [0.15, 0.2) is 54.6 Å². The lowest BCUT2D eigenvalue weighted by molar-refractivity contribution is -0.0504. The Hall–Kier alpha value is -1.39. The standard InChI is InChI=1S/C22H28ClNO2/c1-17(21(25)19-7-9-20(23)10-8-19)24-15-13-22(26,14-16-24)12-11-18-5-3-2-4-6-18/h2-10,17,21,25-26H,11-16H2,1H3/t17-,21+/m0/s1. The Morgan fingerprint density at radius 3 is 2.27 bits per heavy atom. The van der Waals surface area contributed by atoms with Crippen molar-refractivity contribution in [3.8, 4) is 0 Å². The number of piperidine rings is 1. The average Bonchev–Trinajstić information content (AvgIpc) is 2.67. The summed E-state index contributed by atoms with van der Waals surface area (Å²) in [5.74, 6) is 0. The normalized spacial score (nSPS) is 19.8. The Bertz CT molecular complexity index is 681. The molecule has 0 unspecified atom stereocenters. The molecule has 0 spiro atoms. The summed E-state index contributed by atoms with van der Waals surface area (Å²) in [5, 5.41) is 22.3. The van der Waals surface area contributed by atoms with Crippen molar-refractivity contribution in [3.63, 3.8) is 0 Å². The van der Waals surface area contributed by atoms with E-state index >= 15 is 0 Å². The van der Waals surface area contributed by atoms with Crippen LogP contribution < -0.4 is 0 Å². The largest absolute Gasteiger partial charge is 0.390 e. The second kappa shape index (κ2) is 8.53. The van der Waals surface area contributed by atoms with E-state index in [0.29, 0.717) is 5.02 Å². The van der Waals surface area contributed by atoms with E-state index in [1.807, 2.05) is 49.4 Å². The van der Waals surface area contributed by atoms with E-state index in [4.69, 9.17) is 11.6 Å². The van der Waals surface area contributed by atoms with Gasteiger partial charge in [0, 0.05) is 24.2 Å². The van der Waals surface area contributed by atoms with Crippen molar-refractivity contribution < 1.29 is 10.2 Å². The van der Waals surface area contributed by atoms with Crippen molar-refractivity contribution in [1.82, 2.24) is 4.90 Å². The number of halogens is 1. The minimum Gasteiger partial charge on any atom is -0.390 e. The number of hydrogen-bond acceptors (Lipinski definition) is 3. The van der Waals surface area contributed by atoms with Gasteiger partial charge in [0.1, 0.15) is 0 Å². The lowest BCUT2D eigenvalue weighted by Gasteiger charge is -2.42. The average molecular weight is 374 g/mol. The summed E-state index contributed by atoms with van der Waals surface area (Å²) in [7, 11) is 0. The summed E-state index contributed by atoms with van der Waals surface area (Å²) < 4.78 is 0. The number of hydrogen-bond donors (Lipinski definition) is 2. The van der Waals surface area contributed by atoms with Gasteiger partial charge in [0.15, 0.2) is 0 Å². The molecular weight excluding hydrogens is 346 g/mol. The highest BCUT2D eigenvalue weighted by molar-refractivity contribution is 6.30. The monoisotopic (exact) mass is 373 g/mol. The molecule has 0 aromatic heterocycles. The summed E-state index contributed by atoms with van der Waals surface area (Å²) in [6.45, 7) is 3.65. The molecule has 1 aliphatic heterocycles. The topological polar surface area (TPSA) is 43.7 Å². The van der Waals surface area contributed by atoms with Gasteiger partial charge in [-0.2, -0.15) is 0 Å². The van der Waals surface area contributed by atoms with Crippen LogP contribution in [0.5, 0.6) is 0 Å². The molecule has 2 aromatic carbocycles. The van der Waals surface area contributed by atoms with Gasteiger partial charge in [-0.05, 0) is 55.9 Å². The smallest absolute Gasteiger partial charge is 0.0942 e. The molecule has 0 aliphatic carbocycles. The first-order valence-electron chi connectivity index (χ1n) is 9.41. The van der Waals surface area contributed by atoms with Crippen LogP contribution in [-0.2, 0) is 6.42 Å². The number of rotatable bonds is 6. The van der Waals surface area contributed by atoms with Crippen LogP contribution in [-0.4, -0.2) is 39.8 Å². The Balaban J connectivity index is 1.52.